The molecule has 2 aromatic rings. The van der Waals surface area contributed by atoms with Crippen LogP contribution < -0.4 is 10.1 Å². The minimum atomic E-state index is -1.25. The summed E-state index contributed by atoms with van der Waals surface area (Å²) < 4.78 is 6.27. The van der Waals surface area contributed by atoms with Crippen LogP contribution in [0.2, 0.25) is 0 Å². The number of aliphatic hydroxyl groups is 2. The highest BCUT2D eigenvalue weighted by Gasteiger charge is 2.69. The number of ether oxygens (including phenoxy) is 1. The minimum absolute atomic E-state index is 0.0239. The molecule has 190 valence electrons. The Morgan fingerprint density at radius 2 is 2.06 bits per heavy atom. The molecule has 1 aromatic heterocycles. The molecule has 1 saturated heterocycles. The molecule has 0 unspecified atom stereocenters. The van der Waals surface area contributed by atoms with Gasteiger partial charge in [-0.15, -0.1) is 0 Å². The second kappa shape index (κ2) is 7.95. The van der Waals surface area contributed by atoms with Crippen molar-refractivity contribution in [1.29, 1.82) is 0 Å². The first-order valence-corrected chi connectivity index (χ1v) is 12.8. The molecule has 3 heterocycles. The fourth-order valence-corrected chi connectivity index (χ4v) is 6.71. The number of aromatic hydroxyl groups is 1. The highest BCUT2D eigenvalue weighted by molar-refractivity contribution is 6.03. The van der Waals surface area contributed by atoms with Crippen LogP contribution in [0.15, 0.2) is 41.7 Å². The normalized spacial score (nSPS) is 31.3. The topological polar surface area (TPSA) is 115 Å². The van der Waals surface area contributed by atoms with E-state index in [9.17, 15) is 20.1 Å². The number of carbonyl (C=O) groups excluding carboxylic acids is 1. The average Bonchev–Trinajstić information content (AvgIpc) is 3.57. The maximum atomic E-state index is 13.1. The summed E-state index contributed by atoms with van der Waals surface area (Å²) in [6.07, 6.45) is 2.63. The molecule has 1 spiro atoms. The lowest BCUT2D eigenvalue weighted by Crippen LogP contribution is -2.73. The molecule has 8 nitrogen and oxygen atoms in total. The van der Waals surface area contributed by atoms with Crippen molar-refractivity contribution in [2.24, 2.45) is 5.92 Å². The van der Waals surface area contributed by atoms with Crippen LogP contribution in [0.4, 0.5) is 5.82 Å². The maximum Gasteiger partial charge on any atom is 0.255 e. The van der Waals surface area contributed by atoms with Crippen molar-refractivity contribution in [3.63, 3.8) is 0 Å². The molecule has 4 N–H and O–H groups in total. The molecular formula is C28H33N3O5. The predicted molar refractivity (Wildman–Crippen MR) is 134 cm³/mol. The summed E-state index contributed by atoms with van der Waals surface area (Å²) in [5, 5.41) is 37.2. The Labute approximate surface area is 210 Å². The summed E-state index contributed by atoms with van der Waals surface area (Å²) >= 11 is 0. The number of aryl methyl sites for hydroxylation is 1. The molecule has 2 aliphatic carbocycles. The van der Waals surface area contributed by atoms with Gasteiger partial charge >= 0.3 is 0 Å². The number of anilines is 1. The first-order chi connectivity index (χ1) is 17.1. The SMILES string of the molecule is C/C(C(=O)Nc1cccc(C)n1)=C(/O)[C@@H]1Oc2c(O)ccc3c2[C@@]12CCN(CC1CC1)[C@H](C3)[C@@]2(C)O. The first-order valence-electron chi connectivity index (χ1n) is 12.8. The summed E-state index contributed by atoms with van der Waals surface area (Å²) in [6, 6.07) is 8.69. The summed E-state index contributed by atoms with van der Waals surface area (Å²) in [4.78, 5) is 19.8. The first kappa shape index (κ1) is 23.3. The summed E-state index contributed by atoms with van der Waals surface area (Å²) in [6.45, 7) is 6.91. The van der Waals surface area contributed by atoms with Crippen molar-refractivity contribution in [2.75, 3.05) is 18.4 Å². The number of carbonyl (C=O) groups is 1. The maximum absolute atomic E-state index is 13.1. The summed E-state index contributed by atoms with van der Waals surface area (Å²) in [5.74, 6) is 0.606. The molecule has 1 amide bonds. The van der Waals surface area contributed by atoms with Gasteiger partial charge in [0.15, 0.2) is 17.6 Å². The van der Waals surface area contributed by atoms with Gasteiger partial charge in [0.05, 0.1) is 16.6 Å². The molecule has 2 bridgehead atoms. The van der Waals surface area contributed by atoms with Crippen LogP contribution in [0.3, 0.4) is 0 Å². The Kier molecular flexibility index (Phi) is 5.15. The van der Waals surface area contributed by atoms with Crippen molar-refractivity contribution in [2.45, 2.75) is 69.6 Å². The standard InChI is InChI=1S/C28H33N3O5/c1-15-5-4-6-21(29-15)30-26(34)16(2)23(33)25-28-11-12-31(14-17-7-8-17)20(27(28,3)35)13-18-9-10-19(32)24(36-25)22(18)28/h4-6,9-10,17,20,25,32-33,35H,7-8,11-14H2,1-3H3,(H,29,30,34)/b23-16-/t20-,25+,27-,28+/m1/s1. The monoisotopic (exact) mass is 491 g/mol. The number of phenols is 1. The number of amides is 1. The number of aromatic nitrogens is 1. The van der Waals surface area contributed by atoms with Crippen LogP contribution in [-0.4, -0.2) is 61.9 Å². The Hall–Kier alpha value is -3.10. The molecule has 4 aliphatic rings. The van der Waals surface area contributed by atoms with E-state index in [-0.39, 0.29) is 23.1 Å². The van der Waals surface area contributed by atoms with Crippen LogP contribution in [0.5, 0.6) is 11.5 Å². The van der Waals surface area contributed by atoms with Crippen molar-refractivity contribution >= 4 is 11.7 Å². The van der Waals surface area contributed by atoms with E-state index in [4.69, 9.17) is 4.74 Å². The van der Waals surface area contributed by atoms with Crippen molar-refractivity contribution in [1.82, 2.24) is 9.88 Å². The highest BCUT2D eigenvalue weighted by atomic mass is 16.5. The van der Waals surface area contributed by atoms with E-state index in [2.05, 4.69) is 15.2 Å². The van der Waals surface area contributed by atoms with Crippen molar-refractivity contribution in [3.05, 3.63) is 58.5 Å². The molecule has 1 aromatic carbocycles. The third kappa shape index (κ3) is 3.27. The fourth-order valence-electron chi connectivity index (χ4n) is 6.71. The van der Waals surface area contributed by atoms with Crippen LogP contribution in [0.25, 0.3) is 0 Å². The summed E-state index contributed by atoms with van der Waals surface area (Å²) in [7, 11) is 0. The number of likely N-dealkylation sites (tertiary alicyclic amines) is 1. The Balaban J connectivity index is 1.42. The number of aliphatic hydroxyl groups excluding tert-OH is 1. The lowest BCUT2D eigenvalue weighted by Gasteiger charge is -2.59. The Morgan fingerprint density at radius 1 is 1.28 bits per heavy atom. The van der Waals surface area contributed by atoms with Gasteiger partial charge in [-0.05, 0) is 82.7 Å². The molecule has 6 rings (SSSR count). The van der Waals surface area contributed by atoms with Gasteiger partial charge in [-0.3, -0.25) is 9.69 Å². The molecule has 36 heavy (non-hydrogen) atoms. The molecule has 8 heteroatoms. The number of pyridine rings is 1. The number of nitrogens with zero attached hydrogens (tertiary/aromatic N) is 2. The molecule has 1 saturated carbocycles. The average molecular weight is 492 g/mol. The largest absolute Gasteiger partial charge is 0.508 e. The van der Waals surface area contributed by atoms with Gasteiger partial charge in [0.1, 0.15) is 11.6 Å². The molecule has 2 fully saturated rings. The second-order valence-corrected chi connectivity index (χ2v) is 11.1. The number of phenolic OH excluding ortho intramolecular Hbond substituents is 1. The third-order valence-electron chi connectivity index (χ3n) is 8.84. The van der Waals surface area contributed by atoms with Crippen LogP contribution in [0.1, 0.15) is 49.9 Å². The van der Waals surface area contributed by atoms with Gasteiger partial charge in [-0.25, -0.2) is 4.98 Å². The number of hydrogen-bond acceptors (Lipinski definition) is 7. The molecular weight excluding hydrogens is 458 g/mol. The van der Waals surface area contributed by atoms with Crippen LogP contribution in [-0.2, 0) is 16.6 Å². The zero-order valence-corrected chi connectivity index (χ0v) is 20.9. The van der Waals surface area contributed by atoms with E-state index in [0.717, 1.165) is 29.9 Å². The van der Waals surface area contributed by atoms with Gasteiger partial charge in [-0.2, -0.15) is 0 Å². The zero-order chi connectivity index (χ0) is 25.4. The third-order valence-corrected chi connectivity index (χ3v) is 8.84. The molecule has 2 aliphatic heterocycles. The van der Waals surface area contributed by atoms with Gasteiger partial charge < -0.3 is 25.4 Å². The quantitative estimate of drug-likeness (QED) is 0.375. The molecule has 4 atom stereocenters. The van der Waals surface area contributed by atoms with Gasteiger partial charge in [-0.1, -0.05) is 12.1 Å². The summed E-state index contributed by atoms with van der Waals surface area (Å²) in [5.41, 5.74) is 0.384. The lowest BCUT2D eigenvalue weighted by molar-refractivity contribution is -0.153. The van der Waals surface area contributed by atoms with Gasteiger partial charge in [0.25, 0.3) is 5.91 Å². The number of benzene rings is 1. The van der Waals surface area contributed by atoms with E-state index < -0.39 is 23.0 Å². The number of fused-ring (bicyclic) bond motifs is 1. The fraction of sp³-hybridized carbons (Fsp3) is 0.500. The van der Waals surface area contributed by atoms with E-state index in [1.54, 1.807) is 25.1 Å². The predicted octanol–water partition coefficient (Wildman–Crippen LogP) is 3.36. The number of rotatable bonds is 5. The highest BCUT2D eigenvalue weighted by Crippen LogP contribution is 2.63. The van der Waals surface area contributed by atoms with Crippen molar-refractivity contribution < 1.29 is 24.9 Å². The van der Waals surface area contributed by atoms with E-state index in [1.807, 2.05) is 26.0 Å². The van der Waals surface area contributed by atoms with E-state index in [1.165, 1.54) is 12.8 Å². The second-order valence-electron chi connectivity index (χ2n) is 11.1. The van der Waals surface area contributed by atoms with Gasteiger partial charge in [0.2, 0.25) is 0 Å². The van der Waals surface area contributed by atoms with Crippen molar-refractivity contribution in [3.8, 4) is 11.5 Å². The Bertz CT molecular complexity index is 1280. The molecule has 0 radical (unpaired) electrons. The van der Waals surface area contributed by atoms with E-state index in [0.29, 0.717) is 30.3 Å². The zero-order valence-electron chi connectivity index (χ0n) is 20.9. The number of nitrogens with one attached hydrogen (secondary N) is 1. The van der Waals surface area contributed by atoms with E-state index >= 15 is 0 Å². The Morgan fingerprint density at radius 3 is 2.78 bits per heavy atom. The number of hydrogen-bond donors (Lipinski definition) is 4. The minimum Gasteiger partial charge on any atom is -0.508 e. The number of piperidine rings is 1. The van der Waals surface area contributed by atoms with Gasteiger partial charge in [0, 0.05) is 23.8 Å². The lowest BCUT2D eigenvalue weighted by atomic mass is 9.53. The van der Waals surface area contributed by atoms with Crippen LogP contribution >= 0.6 is 0 Å². The van der Waals surface area contributed by atoms with Crippen LogP contribution in [0, 0.1) is 12.8 Å². The smallest absolute Gasteiger partial charge is 0.255 e.